The number of hydrogen-bond donors (Lipinski definition) is 2. The minimum absolute atomic E-state index is 0.189. The summed E-state index contributed by atoms with van der Waals surface area (Å²) in [6.07, 6.45) is 4.52. The van der Waals surface area contributed by atoms with Crippen LogP contribution in [0, 0.1) is 0 Å². The first-order valence-electron chi connectivity index (χ1n) is 5.06. The van der Waals surface area contributed by atoms with E-state index in [1.54, 1.807) is 12.2 Å². The van der Waals surface area contributed by atoms with Crippen LogP contribution in [-0.4, -0.2) is 27.6 Å². The fraction of sp³-hybridized carbons (Fsp3) is 0.600. The molecule has 5 nitrogen and oxygen atoms in total. The van der Waals surface area contributed by atoms with Gasteiger partial charge in [-0.05, 0) is 25.0 Å². The zero-order chi connectivity index (χ0) is 12.4. The Balaban J connectivity index is 4.26. The maximum Gasteiger partial charge on any atom is 0.417 e. The van der Waals surface area contributed by atoms with Crippen LogP contribution in [0.1, 0.15) is 26.7 Å². The second-order valence-electron chi connectivity index (χ2n) is 2.84. The van der Waals surface area contributed by atoms with Gasteiger partial charge in [-0.3, -0.25) is 0 Å². The van der Waals surface area contributed by atoms with Crippen molar-refractivity contribution in [2.24, 2.45) is 0 Å². The Morgan fingerprint density at radius 1 is 1.06 bits per heavy atom. The Hall–Kier alpha value is -0.850. The number of aliphatic hydroxyl groups excluding tert-OH is 2. The maximum absolute atomic E-state index is 11.3. The maximum atomic E-state index is 11.3. The van der Waals surface area contributed by atoms with Crippen LogP contribution in [0.15, 0.2) is 23.7 Å². The Kier molecular flexibility index (Phi) is 8.88. The van der Waals surface area contributed by atoms with Gasteiger partial charge in [-0.25, -0.2) is 0 Å². The molecule has 6 heteroatoms. The van der Waals surface area contributed by atoms with E-state index >= 15 is 0 Å². The smallest absolute Gasteiger partial charge is 0.388 e. The molecule has 0 radical (unpaired) electrons. The molecule has 2 N–H and O–H groups in total. The SMILES string of the molecule is CCC=C(CO)OS(=O)OC(=CCC)CO. The van der Waals surface area contributed by atoms with Gasteiger partial charge in [-0.1, -0.05) is 13.8 Å². The van der Waals surface area contributed by atoms with Gasteiger partial charge < -0.3 is 18.6 Å². The second kappa shape index (κ2) is 9.38. The molecule has 0 fully saturated rings. The summed E-state index contributed by atoms with van der Waals surface area (Å²) in [6, 6.07) is 0. The highest BCUT2D eigenvalue weighted by Crippen LogP contribution is 2.07. The van der Waals surface area contributed by atoms with Gasteiger partial charge in [-0.2, -0.15) is 4.21 Å². The van der Waals surface area contributed by atoms with Crippen molar-refractivity contribution in [1.29, 1.82) is 0 Å². The molecule has 0 saturated carbocycles. The van der Waals surface area contributed by atoms with E-state index in [0.717, 1.165) is 0 Å². The molecule has 0 spiro atoms. The van der Waals surface area contributed by atoms with Crippen molar-refractivity contribution in [3.63, 3.8) is 0 Å². The lowest BCUT2D eigenvalue weighted by atomic mass is 10.4. The third kappa shape index (κ3) is 6.60. The van der Waals surface area contributed by atoms with Gasteiger partial charge in [0.25, 0.3) is 0 Å². The van der Waals surface area contributed by atoms with Crippen molar-refractivity contribution in [3.05, 3.63) is 23.7 Å². The van der Waals surface area contributed by atoms with E-state index in [9.17, 15) is 4.21 Å². The Bertz CT molecular complexity index is 246. The summed E-state index contributed by atoms with van der Waals surface area (Å²) < 4.78 is 20.9. The molecule has 0 bridgehead atoms. The van der Waals surface area contributed by atoms with E-state index < -0.39 is 11.4 Å². The summed E-state index contributed by atoms with van der Waals surface area (Å²) in [6.45, 7) is 3.04. The molecule has 0 aliphatic heterocycles. The highest BCUT2D eigenvalue weighted by molar-refractivity contribution is 7.75. The Labute approximate surface area is 98.3 Å². The lowest BCUT2D eigenvalue weighted by molar-refractivity contribution is 0.234. The summed E-state index contributed by atoms with van der Waals surface area (Å²) in [5, 5.41) is 17.7. The van der Waals surface area contributed by atoms with Gasteiger partial charge in [-0.15, -0.1) is 0 Å². The number of hydrogen-bond acceptors (Lipinski definition) is 5. The van der Waals surface area contributed by atoms with Crippen LogP contribution in [0.3, 0.4) is 0 Å². The van der Waals surface area contributed by atoms with Crippen LogP contribution < -0.4 is 0 Å². The molecule has 0 aliphatic carbocycles. The van der Waals surface area contributed by atoms with E-state index in [4.69, 9.17) is 18.6 Å². The predicted molar refractivity (Wildman–Crippen MR) is 61.2 cm³/mol. The topological polar surface area (TPSA) is 76.0 Å². The number of rotatable bonds is 8. The minimum atomic E-state index is -2.04. The molecule has 94 valence electrons. The highest BCUT2D eigenvalue weighted by Gasteiger charge is 2.08. The molecule has 0 aromatic carbocycles. The van der Waals surface area contributed by atoms with E-state index in [0.29, 0.717) is 12.8 Å². The van der Waals surface area contributed by atoms with Crippen LogP contribution in [0.25, 0.3) is 0 Å². The molecule has 0 unspecified atom stereocenters. The lowest BCUT2D eigenvalue weighted by Gasteiger charge is -2.08. The van der Waals surface area contributed by atoms with Crippen LogP contribution in [0.2, 0.25) is 0 Å². The largest absolute Gasteiger partial charge is 0.417 e. The number of allylic oxidation sites excluding steroid dienone is 2. The highest BCUT2D eigenvalue weighted by atomic mass is 32.2. The first-order valence-corrected chi connectivity index (χ1v) is 6.06. The monoisotopic (exact) mass is 250 g/mol. The fourth-order valence-electron chi connectivity index (χ4n) is 0.897. The average molecular weight is 250 g/mol. The summed E-state index contributed by atoms with van der Waals surface area (Å²) in [4.78, 5) is 0. The summed E-state index contributed by atoms with van der Waals surface area (Å²) in [7, 11) is 0. The van der Waals surface area contributed by atoms with Gasteiger partial charge in [0.1, 0.15) is 24.7 Å². The normalized spacial score (nSPS) is 14.8. The van der Waals surface area contributed by atoms with E-state index in [2.05, 4.69) is 0 Å². The van der Waals surface area contributed by atoms with Crippen molar-refractivity contribution in [2.75, 3.05) is 13.2 Å². The zero-order valence-electron chi connectivity index (χ0n) is 9.51. The first kappa shape index (κ1) is 15.2. The molecule has 0 aliphatic rings. The summed E-state index contributed by atoms with van der Waals surface area (Å²) in [5.41, 5.74) is 0. The standard InChI is InChI=1S/C10H18O5S/c1-3-5-9(7-11)14-16(13)15-10(8-12)6-4-2/h5-6,11-12H,3-4,7-8H2,1-2H3. The van der Waals surface area contributed by atoms with Gasteiger partial charge in [0, 0.05) is 0 Å². The fourth-order valence-corrected chi connectivity index (χ4v) is 1.52. The van der Waals surface area contributed by atoms with Gasteiger partial charge in [0.05, 0.1) is 0 Å². The molecular weight excluding hydrogens is 232 g/mol. The van der Waals surface area contributed by atoms with Crippen molar-refractivity contribution in [2.45, 2.75) is 26.7 Å². The van der Waals surface area contributed by atoms with Crippen LogP contribution in [0.4, 0.5) is 0 Å². The summed E-state index contributed by atoms with van der Waals surface area (Å²) in [5.74, 6) is 0.379. The molecular formula is C10H18O5S. The minimum Gasteiger partial charge on any atom is -0.388 e. The summed E-state index contributed by atoms with van der Waals surface area (Å²) >= 11 is -2.04. The second-order valence-corrected chi connectivity index (χ2v) is 3.59. The number of aliphatic hydroxyl groups is 2. The Morgan fingerprint density at radius 3 is 1.69 bits per heavy atom. The molecule has 0 rings (SSSR count). The average Bonchev–Trinajstić information content (AvgIpc) is 2.27. The van der Waals surface area contributed by atoms with Crippen molar-refractivity contribution in [1.82, 2.24) is 0 Å². The molecule has 0 saturated heterocycles. The van der Waals surface area contributed by atoms with Gasteiger partial charge >= 0.3 is 11.4 Å². The van der Waals surface area contributed by atoms with Crippen molar-refractivity contribution in [3.8, 4) is 0 Å². The molecule has 0 atom stereocenters. The van der Waals surface area contributed by atoms with Crippen LogP contribution >= 0.6 is 0 Å². The third-order valence-electron chi connectivity index (χ3n) is 1.53. The Morgan fingerprint density at radius 2 is 1.44 bits per heavy atom. The van der Waals surface area contributed by atoms with E-state index in [1.807, 2.05) is 13.8 Å². The molecule has 0 aromatic heterocycles. The van der Waals surface area contributed by atoms with Crippen LogP contribution in [-0.2, 0) is 19.7 Å². The predicted octanol–water partition coefficient (Wildman–Crippen LogP) is 1.17. The first-order chi connectivity index (χ1) is 7.67. The zero-order valence-corrected chi connectivity index (χ0v) is 10.3. The molecule has 0 heterocycles. The quantitative estimate of drug-likeness (QED) is 0.632. The lowest BCUT2D eigenvalue weighted by Crippen LogP contribution is -2.06. The van der Waals surface area contributed by atoms with E-state index in [1.165, 1.54) is 0 Å². The third-order valence-corrected chi connectivity index (χ3v) is 2.23. The molecule has 16 heavy (non-hydrogen) atoms. The van der Waals surface area contributed by atoms with Crippen molar-refractivity contribution >= 4 is 11.4 Å². The van der Waals surface area contributed by atoms with Gasteiger partial charge in [0.2, 0.25) is 0 Å². The molecule has 0 amide bonds. The van der Waals surface area contributed by atoms with Crippen molar-refractivity contribution < 1.29 is 22.8 Å². The molecule has 0 aromatic rings. The van der Waals surface area contributed by atoms with E-state index in [-0.39, 0.29) is 24.7 Å². The van der Waals surface area contributed by atoms with Gasteiger partial charge in [0.15, 0.2) is 0 Å². The van der Waals surface area contributed by atoms with Crippen LogP contribution in [0.5, 0.6) is 0 Å².